The Morgan fingerprint density at radius 2 is 2.16 bits per heavy atom. The van der Waals surface area contributed by atoms with E-state index in [-0.39, 0.29) is 6.04 Å². The maximum Gasteiger partial charge on any atom is 0.0320 e. The molecule has 3 nitrogen and oxygen atoms in total. The van der Waals surface area contributed by atoms with Crippen LogP contribution < -0.4 is 11.3 Å². The summed E-state index contributed by atoms with van der Waals surface area (Å²) in [7, 11) is 0. The number of nitrogens with two attached hydrogens (primary N) is 1. The van der Waals surface area contributed by atoms with E-state index in [1.807, 2.05) is 12.3 Å². The van der Waals surface area contributed by atoms with Crippen molar-refractivity contribution in [2.75, 3.05) is 0 Å². The van der Waals surface area contributed by atoms with Crippen molar-refractivity contribution in [1.82, 2.24) is 10.4 Å². The normalized spacial score (nSPS) is 19.1. The molecule has 3 rings (SSSR count). The van der Waals surface area contributed by atoms with E-state index in [9.17, 15) is 0 Å². The average Bonchev–Trinajstić information content (AvgIpc) is 2.90. The highest BCUT2D eigenvalue weighted by molar-refractivity contribution is 5.36. The van der Waals surface area contributed by atoms with E-state index < -0.39 is 0 Å². The number of hydrazine groups is 1. The number of pyridine rings is 1. The smallest absolute Gasteiger partial charge is 0.0320 e. The Hall–Kier alpha value is -1.71. The second-order valence-electron chi connectivity index (χ2n) is 5.18. The van der Waals surface area contributed by atoms with Crippen molar-refractivity contribution in [1.29, 1.82) is 0 Å². The minimum atomic E-state index is 0.271. The number of fused-ring (bicyclic) bond motifs is 1. The molecule has 2 atom stereocenters. The van der Waals surface area contributed by atoms with Gasteiger partial charge in [-0.25, -0.2) is 0 Å². The molecule has 2 unspecified atom stereocenters. The Morgan fingerprint density at radius 3 is 2.95 bits per heavy atom. The van der Waals surface area contributed by atoms with Crippen LogP contribution in [0.4, 0.5) is 0 Å². The van der Waals surface area contributed by atoms with Crippen molar-refractivity contribution in [3.05, 3.63) is 65.5 Å². The Morgan fingerprint density at radius 1 is 1.26 bits per heavy atom. The van der Waals surface area contributed by atoms with Crippen molar-refractivity contribution in [2.24, 2.45) is 5.84 Å². The first-order valence-electron chi connectivity index (χ1n) is 6.81. The molecule has 0 saturated heterocycles. The summed E-state index contributed by atoms with van der Waals surface area (Å²) in [6.07, 6.45) is 6.98. The van der Waals surface area contributed by atoms with Crippen LogP contribution >= 0.6 is 0 Å². The zero-order chi connectivity index (χ0) is 13.1. The molecule has 0 fully saturated rings. The van der Waals surface area contributed by atoms with Crippen LogP contribution in [-0.4, -0.2) is 11.0 Å². The van der Waals surface area contributed by atoms with Gasteiger partial charge in [0.15, 0.2) is 0 Å². The van der Waals surface area contributed by atoms with Crippen molar-refractivity contribution in [3.8, 4) is 0 Å². The fourth-order valence-corrected chi connectivity index (χ4v) is 3.10. The van der Waals surface area contributed by atoms with Gasteiger partial charge in [-0.15, -0.1) is 0 Å². The van der Waals surface area contributed by atoms with Crippen molar-refractivity contribution < 1.29 is 0 Å². The first-order chi connectivity index (χ1) is 9.38. The Bertz CT molecular complexity index is 539. The number of rotatable bonds is 4. The van der Waals surface area contributed by atoms with Crippen LogP contribution in [0.15, 0.2) is 48.8 Å². The summed E-state index contributed by atoms with van der Waals surface area (Å²) < 4.78 is 0. The molecule has 3 heteroatoms. The van der Waals surface area contributed by atoms with E-state index in [1.54, 1.807) is 6.20 Å². The van der Waals surface area contributed by atoms with Crippen LogP contribution in [0, 0.1) is 0 Å². The predicted molar refractivity (Wildman–Crippen MR) is 76.6 cm³/mol. The van der Waals surface area contributed by atoms with Crippen LogP contribution in [0.2, 0.25) is 0 Å². The molecule has 1 heterocycles. The highest BCUT2D eigenvalue weighted by Gasteiger charge is 2.28. The van der Waals surface area contributed by atoms with E-state index in [0.717, 1.165) is 12.8 Å². The molecule has 2 aromatic rings. The molecule has 1 aliphatic carbocycles. The molecule has 1 aliphatic rings. The molecule has 98 valence electrons. The van der Waals surface area contributed by atoms with Gasteiger partial charge < -0.3 is 0 Å². The van der Waals surface area contributed by atoms with Crippen molar-refractivity contribution in [2.45, 2.75) is 31.2 Å². The SMILES string of the molecule is NNC(Cc1cccnc1)C1CCc2ccccc21. The van der Waals surface area contributed by atoms with Gasteiger partial charge in [0.1, 0.15) is 0 Å². The first kappa shape index (κ1) is 12.3. The van der Waals surface area contributed by atoms with Crippen LogP contribution in [0.3, 0.4) is 0 Å². The molecule has 1 aromatic heterocycles. The molecule has 3 N–H and O–H groups in total. The second-order valence-corrected chi connectivity index (χ2v) is 5.18. The lowest BCUT2D eigenvalue weighted by atomic mass is 9.89. The van der Waals surface area contributed by atoms with Gasteiger partial charge in [0.2, 0.25) is 0 Å². The monoisotopic (exact) mass is 253 g/mol. The Kier molecular flexibility index (Phi) is 3.58. The maximum absolute atomic E-state index is 5.79. The maximum atomic E-state index is 5.79. The summed E-state index contributed by atoms with van der Waals surface area (Å²) in [6.45, 7) is 0. The van der Waals surface area contributed by atoms with Gasteiger partial charge in [-0.2, -0.15) is 0 Å². The van der Waals surface area contributed by atoms with Crippen LogP contribution in [0.1, 0.15) is 29.0 Å². The highest BCUT2D eigenvalue weighted by Crippen LogP contribution is 2.35. The molecule has 0 aliphatic heterocycles. The summed E-state index contributed by atoms with van der Waals surface area (Å²) >= 11 is 0. The average molecular weight is 253 g/mol. The summed E-state index contributed by atoms with van der Waals surface area (Å²) in [4.78, 5) is 4.17. The Labute approximate surface area is 113 Å². The van der Waals surface area contributed by atoms with Gasteiger partial charge >= 0.3 is 0 Å². The number of benzene rings is 1. The molecule has 19 heavy (non-hydrogen) atoms. The van der Waals surface area contributed by atoms with E-state index in [2.05, 4.69) is 40.7 Å². The molecule has 1 aromatic carbocycles. The van der Waals surface area contributed by atoms with E-state index >= 15 is 0 Å². The standard InChI is InChI=1S/C16H19N3/c17-19-16(10-12-4-3-9-18-11-12)15-8-7-13-5-1-2-6-14(13)15/h1-6,9,11,15-16,19H,7-8,10,17H2. The number of aryl methyl sites for hydroxylation is 1. The molecule has 0 saturated carbocycles. The van der Waals surface area contributed by atoms with Gasteiger partial charge in [0, 0.05) is 24.4 Å². The van der Waals surface area contributed by atoms with E-state index in [1.165, 1.54) is 23.1 Å². The third-order valence-corrected chi connectivity index (χ3v) is 4.06. The third kappa shape index (κ3) is 2.53. The molecule has 0 bridgehead atoms. The first-order valence-corrected chi connectivity index (χ1v) is 6.81. The minimum absolute atomic E-state index is 0.271. The van der Waals surface area contributed by atoms with Crippen molar-refractivity contribution in [3.63, 3.8) is 0 Å². The summed E-state index contributed by atoms with van der Waals surface area (Å²) in [5, 5.41) is 0. The largest absolute Gasteiger partial charge is 0.271 e. The zero-order valence-electron chi connectivity index (χ0n) is 10.9. The molecule has 0 radical (unpaired) electrons. The number of hydrogen-bond acceptors (Lipinski definition) is 3. The number of nitrogens with one attached hydrogen (secondary N) is 1. The topological polar surface area (TPSA) is 50.9 Å². The quantitative estimate of drug-likeness (QED) is 0.648. The van der Waals surface area contributed by atoms with Crippen LogP contribution in [0.25, 0.3) is 0 Å². The second kappa shape index (κ2) is 5.51. The summed E-state index contributed by atoms with van der Waals surface area (Å²) in [5.41, 5.74) is 7.16. The number of nitrogens with zero attached hydrogens (tertiary/aromatic N) is 1. The van der Waals surface area contributed by atoms with Gasteiger partial charge in [0.25, 0.3) is 0 Å². The molecule has 0 amide bonds. The minimum Gasteiger partial charge on any atom is -0.271 e. The van der Waals surface area contributed by atoms with Crippen LogP contribution in [-0.2, 0) is 12.8 Å². The number of aromatic nitrogens is 1. The fourth-order valence-electron chi connectivity index (χ4n) is 3.10. The number of hydrogen-bond donors (Lipinski definition) is 2. The van der Waals surface area contributed by atoms with E-state index in [4.69, 9.17) is 5.84 Å². The predicted octanol–water partition coefficient (Wildman–Crippen LogP) is 2.19. The lowest BCUT2D eigenvalue weighted by Crippen LogP contribution is -2.40. The van der Waals surface area contributed by atoms with E-state index in [0.29, 0.717) is 5.92 Å². The van der Waals surface area contributed by atoms with Gasteiger partial charge in [-0.3, -0.25) is 16.3 Å². The fraction of sp³-hybridized carbons (Fsp3) is 0.312. The highest BCUT2D eigenvalue weighted by atomic mass is 15.2. The third-order valence-electron chi connectivity index (χ3n) is 4.06. The lowest BCUT2D eigenvalue weighted by Gasteiger charge is -2.23. The van der Waals surface area contributed by atoms with Crippen molar-refractivity contribution >= 4 is 0 Å². The molecular formula is C16H19N3. The van der Waals surface area contributed by atoms with Gasteiger partial charge in [-0.1, -0.05) is 30.3 Å². The molecule has 0 spiro atoms. The Balaban J connectivity index is 1.81. The van der Waals surface area contributed by atoms with Crippen LogP contribution in [0.5, 0.6) is 0 Å². The molecular weight excluding hydrogens is 234 g/mol. The lowest BCUT2D eigenvalue weighted by molar-refractivity contribution is 0.434. The van der Waals surface area contributed by atoms with Gasteiger partial charge in [-0.05, 0) is 42.0 Å². The summed E-state index contributed by atoms with van der Waals surface area (Å²) in [6, 6.07) is 13.1. The summed E-state index contributed by atoms with van der Waals surface area (Å²) in [5.74, 6) is 6.29. The zero-order valence-corrected chi connectivity index (χ0v) is 10.9. The van der Waals surface area contributed by atoms with Gasteiger partial charge in [0.05, 0.1) is 0 Å².